The van der Waals surface area contributed by atoms with Crippen molar-refractivity contribution in [1.29, 1.82) is 0 Å². The maximum absolute atomic E-state index is 15.4. The number of carbonyl (C=O) groups excluding carboxylic acids is 1. The predicted octanol–water partition coefficient (Wildman–Crippen LogP) is 4.20. The van der Waals surface area contributed by atoms with Crippen molar-refractivity contribution in [3.63, 3.8) is 0 Å². The Labute approximate surface area is 228 Å². The summed E-state index contributed by atoms with van der Waals surface area (Å²) in [7, 11) is 1.60. The Balaban J connectivity index is 1.74. The Morgan fingerprint density at radius 1 is 1.23 bits per heavy atom. The van der Waals surface area contributed by atoms with E-state index in [4.69, 9.17) is 15.2 Å². The fraction of sp³-hybridized carbons (Fsp3) is 0.567. The lowest BCUT2D eigenvalue weighted by atomic mass is 9.72. The first-order valence-electron chi connectivity index (χ1n) is 13.7. The van der Waals surface area contributed by atoms with Crippen molar-refractivity contribution in [3.8, 4) is 11.5 Å². The molecule has 0 aromatic heterocycles. The number of aldehydes is 1. The zero-order valence-electron chi connectivity index (χ0n) is 22.7. The molecule has 0 radical (unpaired) electrons. The van der Waals surface area contributed by atoms with E-state index in [0.29, 0.717) is 57.6 Å². The van der Waals surface area contributed by atoms with Crippen molar-refractivity contribution in [2.24, 2.45) is 11.7 Å². The number of aliphatic hydroxyl groups excluding tert-OH is 1. The number of piperidine rings is 1. The van der Waals surface area contributed by atoms with Crippen molar-refractivity contribution in [3.05, 3.63) is 59.2 Å². The number of halogens is 2. The minimum atomic E-state index is -1.66. The van der Waals surface area contributed by atoms with Crippen LogP contribution in [0, 0.1) is 24.5 Å². The molecule has 0 bridgehead atoms. The summed E-state index contributed by atoms with van der Waals surface area (Å²) >= 11 is 0. The molecule has 4 rings (SSSR count). The van der Waals surface area contributed by atoms with E-state index in [-0.39, 0.29) is 24.2 Å². The lowest BCUT2D eigenvalue weighted by Gasteiger charge is -2.47. The minimum absolute atomic E-state index is 0.0517. The molecule has 0 spiro atoms. The van der Waals surface area contributed by atoms with Crippen LogP contribution in [0.3, 0.4) is 0 Å². The van der Waals surface area contributed by atoms with E-state index < -0.39 is 40.8 Å². The highest BCUT2D eigenvalue weighted by Gasteiger charge is 2.51. The van der Waals surface area contributed by atoms with E-state index in [1.54, 1.807) is 19.2 Å². The van der Waals surface area contributed by atoms with Crippen molar-refractivity contribution in [2.45, 2.75) is 75.2 Å². The van der Waals surface area contributed by atoms with E-state index in [1.807, 2.05) is 24.0 Å². The van der Waals surface area contributed by atoms with Gasteiger partial charge in [0.1, 0.15) is 17.9 Å². The number of unbranched alkanes of at least 4 members (excludes halogenated alkanes) is 1. The van der Waals surface area contributed by atoms with E-state index in [0.717, 1.165) is 24.0 Å². The summed E-state index contributed by atoms with van der Waals surface area (Å²) in [6.07, 6.45) is 3.26. The fourth-order valence-corrected chi connectivity index (χ4v) is 6.31. The van der Waals surface area contributed by atoms with Crippen LogP contribution in [-0.4, -0.2) is 65.9 Å². The van der Waals surface area contributed by atoms with Gasteiger partial charge in [-0.3, -0.25) is 4.90 Å². The van der Waals surface area contributed by atoms with E-state index >= 15 is 4.39 Å². The predicted molar refractivity (Wildman–Crippen MR) is 144 cm³/mol. The third-order valence-electron chi connectivity index (χ3n) is 8.53. The number of ether oxygens (including phenoxy) is 2. The summed E-state index contributed by atoms with van der Waals surface area (Å²) in [5, 5.41) is 22.8. The lowest BCUT2D eigenvalue weighted by Crippen LogP contribution is -2.56. The summed E-state index contributed by atoms with van der Waals surface area (Å²) in [6.45, 7) is 3.21. The van der Waals surface area contributed by atoms with E-state index in [9.17, 15) is 19.4 Å². The lowest BCUT2D eigenvalue weighted by molar-refractivity contribution is -0.125. The van der Waals surface area contributed by atoms with E-state index in [1.165, 1.54) is 0 Å². The second-order valence-corrected chi connectivity index (χ2v) is 11.2. The fourth-order valence-electron chi connectivity index (χ4n) is 6.31. The van der Waals surface area contributed by atoms with Crippen LogP contribution in [0.5, 0.6) is 11.5 Å². The number of benzene rings is 2. The Kier molecular flexibility index (Phi) is 9.39. The van der Waals surface area contributed by atoms with Crippen LogP contribution in [0.4, 0.5) is 8.78 Å². The minimum Gasteiger partial charge on any atom is -0.454 e. The zero-order chi connectivity index (χ0) is 28.2. The highest BCUT2D eigenvalue weighted by molar-refractivity contribution is 5.65. The van der Waals surface area contributed by atoms with Gasteiger partial charge in [0, 0.05) is 50.3 Å². The summed E-state index contributed by atoms with van der Waals surface area (Å²) in [5.41, 5.74) is 4.30. The first-order valence-corrected chi connectivity index (χ1v) is 13.7. The van der Waals surface area contributed by atoms with Gasteiger partial charge in [-0.1, -0.05) is 18.2 Å². The number of aryl methyl sites for hydroxylation is 1. The number of likely N-dealkylation sites (tertiary alicyclic amines) is 1. The van der Waals surface area contributed by atoms with Gasteiger partial charge >= 0.3 is 0 Å². The molecule has 0 unspecified atom stereocenters. The van der Waals surface area contributed by atoms with Gasteiger partial charge in [0.05, 0.1) is 17.2 Å². The van der Waals surface area contributed by atoms with Crippen LogP contribution in [0.1, 0.15) is 56.1 Å². The van der Waals surface area contributed by atoms with Crippen molar-refractivity contribution >= 4 is 6.29 Å². The average Bonchev–Trinajstić information content (AvgIpc) is 3.23. The topological polar surface area (TPSA) is 105 Å². The second kappa shape index (κ2) is 12.4. The summed E-state index contributed by atoms with van der Waals surface area (Å²) < 4.78 is 41.4. The van der Waals surface area contributed by atoms with Gasteiger partial charge in [0.2, 0.25) is 0 Å². The molecule has 2 aromatic carbocycles. The first-order chi connectivity index (χ1) is 18.6. The molecule has 1 heterocycles. The number of nitrogens with two attached hydrogens (primary N) is 1. The number of aliphatic hydroxyl groups is 2. The van der Waals surface area contributed by atoms with Crippen LogP contribution in [-0.2, 0) is 15.1 Å². The number of nitrogens with zero attached hydrogens (tertiary/aromatic N) is 1. The van der Waals surface area contributed by atoms with Gasteiger partial charge in [-0.05, 0) is 69.7 Å². The summed E-state index contributed by atoms with van der Waals surface area (Å²) in [5.74, 6) is -1.96. The Morgan fingerprint density at radius 2 is 2.00 bits per heavy atom. The normalized spacial score (nSPS) is 27.3. The molecule has 2 aromatic rings. The molecule has 9 heteroatoms. The number of hydrogen-bond acceptors (Lipinski definition) is 7. The molecule has 1 aliphatic carbocycles. The third-order valence-corrected chi connectivity index (χ3v) is 8.53. The summed E-state index contributed by atoms with van der Waals surface area (Å²) in [4.78, 5) is 14.4. The number of rotatable bonds is 11. The number of para-hydroxylation sites is 1. The van der Waals surface area contributed by atoms with E-state index in [2.05, 4.69) is 0 Å². The molecule has 2 fully saturated rings. The molecular weight excluding hydrogens is 506 g/mol. The molecule has 1 saturated heterocycles. The van der Waals surface area contributed by atoms with Crippen molar-refractivity contribution in [2.75, 3.05) is 26.8 Å². The zero-order valence-corrected chi connectivity index (χ0v) is 22.7. The van der Waals surface area contributed by atoms with Crippen molar-refractivity contribution in [1.82, 2.24) is 4.90 Å². The number of hydrogen-bond donors (Lipinski definition) is 3. The maximum atomic E-state index is 15.4. The molecule has 214 valence electrons. The Bertz CT molecular complexity index is 1140. The highest BCUT2D eigenvalue weighted by Crippen LogP contribution is 2.47. The summed E-state index contributed by atoms with van der Waals surface area (Å²) in [6, 6.07) is 8.53. The van der Waals surface area contributed by atoms with Crippen LogP contribution < -0.4 is 10.5 Å². The van der Waals surface area contributed by atoms with Crippen LogP contribution in [0.2, 0.25) is 0 Å². The van der Waals surface area contributed by atoms with Gasteiger partial charge in [0.15, 0.2) is 11.6 Å². The number of methoxy groups -OCH3 is 1. The van der Waals surface area contributed by atoms with Crippen LogP contribution >= 0.6 is 0 Å². The molecule has 5 atom stereocenters. The number of carbonyl (C=O) groups is 1. The molecule has 4 N–H and O–H groups in total. The molecule has 7 nitrogen and oxygen atoms in total. The third kappa shape index (κ3) is 6.18. The van der Waals surface area contributed by atoms with Crippen molar-refractivity contribution < 1.29 is 33.3 Å². The maximum Gasteiger partial charge on any atom is 0.169 e. The largest absolute Gasteiger partial charge is 0.454 e. The van der Waals surface area contributed by atoms with Crippen LogP contribution in [0.15, 0.2) is 36.4 Å². The molecule has 1 saturated carbocycles. The van der Waals surface area contributed by atoms with Crippen LogP contribution in [0.25, 0.3) is 0 Å². The van der Waals surface area contributed by atoms with Gasteiger partial charge < -0.3 is 30.2 Å². The highest BCUT2D eigenvalue weighted by atomic mass is 19.1. The molecule has 0 amide bonds. The molecule has 1 aliphatic heterocycles. The van der Waals surface area contributed by atoms with Gasteiger partial charge in [-0.25, -0.2) is 8.78 Å². The Morgan fingerprint density at radius 3 is 2.67 bits per heavy atom. The second-order valence-electron chi connectivity index (χ2n) is 11.2. The smallest absolute Gasteiger partial charge is 0.169 e. The molecule has 2 aliphatic rings. The Hall–Kier alpha value is -2.43. The molecule has 39 heavy (non-hydrogen) atoms. The average molecular weight is 547 g/mol. The van der Waals surface area contributed by atoms with Gasteiger partial charge in [-0.15, -0.1) is 0 Å². The quantitative estimate of drug-likeness (QED) is 0.287. The molecular formula is C30H40F2N2O5. The van der Waals surface area contributed by atoms with Gasteiger partial charge in [-0.2, -0.15) is 0 Å². The monoisotopic (exact) mass is 546 g/mol. The van der Waals surface area contributed by atoms with Gasteiger partial charge in [0.25, 0.3) is 0 Å². The standard InChI is InChI=1S/C30H40F2N2O5/c1-20-8-3-4-10-27(20)39-28-23(14-22(31)15-24(28)32)30(37,11-5-6-13-38-2)21-9-7-12-34(18-21)29(19-35)16-25(33)26(36)17-29/h3-4,8,10,14-15,19,21,25-26,36-37H,5-7,9,11-13,16-18,33H2,1-2H3/t21-,25-,26+,29+,30+/m1/s1. The first kappa shape index (κ1) is 29.6. The SMILES string of the molecule is COCCCC[C@@](O)(c1cc(F)cc(F)c1Oc1ccccc1C)[C@@H]1CCCN([C@@]2(C=O)C[C@@H](N)[C@@H](O)C2)C1.